The van der Waals surface area contributed by atoms with Gasteiger partial charge in [0.15, 0.2) is 0 Å². The Morgan fingerprint density at radius 3 is 2.56 bits per heavy atom. The lowest BCUT2D eigenvalue weighted by Crippen LogP contribution is -2.07. The second-order valence-electron chi connectivity index (χ2n) is 4.22. The van der Waals surface area contributed by atoms with E-state index in [9.17, 15) is 4.79 Å². The number of hydrogen-bond donors (Lipinski definition) is 0. The first-order chi connectivity index (χ1) is 8.58. The van der Waals surface area contributed by atoms with Crippen LogP contribution in [0.2, 0.25) is 0 Å². The highest BCUT2D eigenvalue weighted by atomic mass is 16.5. The summed E-state index contributed by atoms with van der Waals surface area (Å²) in [5.74, 6) is 0.0514. The predicted molar refractivity (Wildman–Crippen MR) is 70.2 cm³/mol. The van der Waals surface area contributed by atoms with Crippen LogP contribution in [0, 0.1) is 11.3 Å². The average Bonchev–Trinajstić information content (AvgIpc) is 2.43. The van der Waals surface area contributed by atoms with E-state index in [-0.39, 0.29) is 12.2 Å². The largest absolute Gasteiger partial charge is 0.456 e. The van der Waals surface area contributed by atoms with E-state index in [2.05, 4.69) is 20.4 Å². The van der Waals surface area contributed by atoms with Crippen molar-refractivity contribution >= 4 is 5.97 Å². The van der Waals surface area contributed by atoms with Crippen molar-refractivity contribution in [2.75, 3.05) is 6.61 Å². The van der Waals surface area contributed by atoms with Crippen molar-refractivity contribution in [2.24, 2.45) is 0 Å². The summed E-state index contributed by atoms with van der Waals surface area (Å²) >= 11 is 0. The number of nitrogens with zero attached hydrogens (tertiary/aromatic N) is 1. The Kier molecular flexibility index (Phi) is 5.13. The van der Waals surface area contributed by atoms with Gasteiger partial charge in [0, 0.05) is 0 Å². The van der Waals surface area contributed by atoms with Crippen molar-refractivity contribution < 1.29 is 9.53 Å². The zero-order chi connectivity index (χ0) is 13.5. The summed E-state index contributed by atoms with van der Waals surface area (Å²) in [7, 11) is 0. The first-order valence-electron chi connectivity index (χ1n) is 5.93. The third kappa shape index (κ3) is 3.74. The van der Waals surface area contributed by atoms with Crippen LogP contribution >= 0.6 is 0 Å². The fourth-order valence-corrected chi connectivity index (χ4v) is 1.45. The Morgan fingerprint density at radius 1 is 1.44 bits per heavy atom. The van der Waals surface area contributed by atoms with E-state index < -0.39 is 5.97 Å². The molecule has 0 N–H and O–H groups in total. The number of esters is 1. The molecular weight excluding hydrogens is 226 g/mol. The van der Waals surface area contributed by atoms with E-state index in [0.717, 1.165) is 6.42 Å². The fraction of sp³-hybridized carbons (Fsp3) is 0.333. The second-order valence-corrected chi connectivity index (χ2v) is 4.22. The first-order valence-corrected chi connectivity index (χ1v) is 5.93. The summed E-state index contributed by atoms with van der Waals surface area (Å²) in [5, 5.41) is 8.50. The Labute approximate surface area is 108 Å². The molecule has 0 heterocycles. The molecule has 0 radical (unpaired) electrons. The molecule has 0 fully saturated rings. The Morgan fingerprint density at radius 2 is 2.06 bits per heavy atom. The quantitative estimate of drug-likeness (QED) is 0.588. The molecule has 3 heteroatoms. The molecule has 0 saturated heterocycles. The van der Waals surface area contributed by atoms with Gasteiger partial charge in [-0.05, 0) is 30.0 Å². The molecule has 0 aromatic heterocycles. The van der Waals surface area contributed by atoms with Gasteiger partial charge in [-0.25, -0.2) is 4.79 Å². The topological polar surface area (TPSA) is 50.1 Å². The Hall–Kier alpha value is -2.08. The molecule has 0 aliphatic carbocycles. The molecule has 0 amide bonds. The van der Waals surface area contributed by atoms with E-state index >= 15 is 0 Å². The second kappa shape index (κ2) is 6.61. The molecule has 18 heavy (non-hydrogen) atoms. The van der Waals surface area contributed by atoms with Crippen LogP contribution in [0.5, 0.6) is 0 Å². The average molecular weight is 243 g/mol. The maximum atomic E-state index is 11.6. The van der Waals surface area contributed by atoms with Gasteiger partial charge in [-0.15, -0.1) is 0 Å². The number of benzene rings is 1. The van der Waals surface area contributed by atoms with E-state index in [1.165, 1.54) is 5.56 Å². The molecule has 0 aliphatic rings. The van der Waals surface area contributed by atoms with Crippen LogP contribution in [0.1, 0.15) is 42.1 Å². The highest BCUT2D eigenvalue weighted by molar-refractivity contribution is 5.89. The van der Waals surface area contributed by atoms with Gasteiger partial charge in [-0.2, -0.15) is 5.26 Å². The fourth-order valence-electron chi connectivity index (χ4n) is 1.45. The van der Waals surface area contributed by atoms with Crippen LogP contribution in [0.25, 0.3) is 0 Å². The van der Waals surface area contributed by atoms with Gasteiger partial charge in [0.05, 0.1) is 17.2 Å². The van der Waals surface area contributed by atoms with Gasteiger partial charge in [-0.1, -0.05) is 32.6 Å². The van der Waals surface area contributed by atoms with Crippen molar-refractivity contribution in [2.45, 2.75) is 26.2 Å². The number of carbonyl (C=O) groups is 1. The Balaban J connectivity index is 2.65. The van der Waals surface area contributed by atoms with Crippen molar-refractivity contribution in [1.29, 1.82) is 5.26 Å². The number of hydrogen-bond acceptors (Lipinski definition) is 3. The summed E-state index contributed by atoms with van der Waals surface area (Å²) in [6.07, 6.45) is 1.06. The normalized spacial score (nSPS) is 11.4. The van der Waals surface area contributed by atoms with Crippen molar-refractivity contribution in [3.05, 3.63) is 47.5 Å². The van der Waals surface area contributed by atoms with Gasteiger partial charge in [-0.3, -0.25) is 0 Å². The summed E-state index contributed by atoms with van der Waals surface area (Å²) < 4.78 is 4.95. The lowest BCUT2D eigenvalue weighted by Gasteiger charge is -2.09. The molecule has 94 valence electrons. The van der Waals surface area contributed by atoms with Gasteiger partial charge in [0.2, 0.25) is 0 Å². The number of nitriles is 1. The molecule has 1 aromatic rings. The van der Waals surface area contributed by atoms with Crippen molar-refractivity contribution in [3.8, 4) is 6.07 Å². The summed E-state index contributed by atoms with van der Waals surface area (Å²) in [4.78, 5) is 11.6. The third-order valence-electron chi connectivity index (χ3n) is 2.86. The van der Waals surface area contributed by atoms with Gasteiger partial charge in [0.1, 0.15) is 6.61 Å². The third-order valence-corrected chi connectivity index (χ3v) is 2.86. The first kappa shape index (κ1) is 14.0. The maximum absolute atomic E-state index is 11.6. The van der Waals surface area contributed by atoms with Crippen LogP contribution in [0.3, 0.4) is 0 Å². The van der Waals surface area contributed by atoms with Gasteiger partial charge in [0.25, 0.3) is 0 Å². The molecular formula is C15H17NO2. The minimum absolute atomic E-state index is 0.0531. The van der Waals surface area contributed by atoms with Crippen LogP contribution in [-0.2, 0) is 4.74 Å². The molecule has 0 saturated carbocycles. The lowest BCUT2D eigenvalue weighted by molar-refractivity contribution is 0.0544. The zero-order valence-electron chi connectivity index (χ0n) is 10.8. The minimum atomic E-state index is -0.429. The van der Waals surface area contributed by atoms with E-state index in [0.29, 0.717) is 11.5 Å². The summed E-state index contributed by atoms with van der Waals surface area (Å²) in [5.41, 5.74) is 1.93. The van der Waals surface area contributed by atoms with Gasteiger partial charge >= 0.3 is 5.97 Å². The SMILES string of the molecule is C=C(C#N)COC(=O)c1ccc(C(C)CC)cc1. The highest BCUT2D eigenvalue weighted by Crippen LogP contribution is 2.19. The van der Waals surface area contributed by atoms with E-state index in [1.807, 2.05) is 18.2 Å². The molecule has 1 unspecified atom stereocenters. The smallest absolute Gasteiger partial charge is 0.338 e. The van der Waals surface area contributed by atoms with Crippen LogP contribution in [0.4, 0.5) is 0 Å². The van der Waals surface area contributed by atoms with Crippen molar-refractivity contribution in [1.82, 2.24) is 0 Å². The summed E-state index contributed by atoms with van der Waals surface area (Å²) in [6, 6.07) is 9.20. The van der Waals surface area contributed by atoms with Crippen LogP contribution in [0.15, 0.2) is 36.4 Å². The number of carbonyl (C=O) groups excluding carboxylic acids is 1. The molecule has 1 rings (SSSR count). The zero-order valence-corrected chi connectivity index (χ0v) is 10.8. The number of rotatable bonds is 5. The molecule has 1 atom stereocenters. The Bertz CT molecular complexity index is 468. The molecule has 1 aromatic carbocycles. The van der Waals surface area contributed by atoms with Crippen LogP contribution < -0.4 is 0 Å². The molecule has 0 spiro atoms. The minimum Gasteiger partial charge on any atom is -0.456 e. The highest BCUT2D eigenvalue weighted by Gasteiger charge is 2.09. The predicted octanol–water partition coefficient (Wildman–Crippen LogP) is 3.44. The van der Waals surface area contributed by atoms with E-state index in [4.69, 9.17) is 10.00 Å². The monoisotopic (exact) mass is 243 g/mol. The van der Waals surface area contributed by atoms with E-state index in [1.54, 1.807) is 12.1 Å². The van der Waals surface area contributed by atoms with Gasteiger partial charge < -0.3 is 4.74 Å². The maximum Gasteiger partial charge on any atom is 0.338 e. The number of ether oxygens (including phenoxy) is 1. The molecule has 0 aliphatic heterocycles. The standard InChI is InChI=1S/C15H17NO2/c1-4-12(3)13-5-7-14(8-6-13)15(17)18-10-11(2)9-16/h5-8,12H,2,4,10H2,1,3H3. The lowest BCUT2D eigenvalue weighted by atomic mass is 9.98. The van der Waals surface area contributed by atoms with Crippen molar-refractivity contribution in [3.63, 3.8) is 0 Å². The molecule has 0 bridgehead atoms. The van der Waals surface area contributed by atoms with Crippen LogP contribution in [-0.4, -0.2) is 12.6 Å². The molecule has 3 nitrogen and oxygen atoms in total. The summed E-state index contributed by atoms with van der Waals surface area (Å²) in [6.45, 7) is 7.66.